The standard InChI is InChI=1S/C17H21ClN6O3S2/c18-14-7-6-13(29(26,27)23-8-2-1-3-9-23)10-15(14)19-16(25)11-28-17-20-21-22-24(17)12-4-5-12/h6-7,10,12H,1-5,8-9,11H2,(H,19,25). The average Bonchev–Trinajstić information content (AvgIpc) is 3.46. The van der Waals surface area contributed by atoms with E-state index in [2.05, 4.69) is 20.8 Å². The number of sulfonamides is 1. The number of hydrogen-bond donors (Lipinski definition) is 1. The molecule has 1 saturated heterocycles. The Balaban J connectivity index is 1.43. The molecule has 1 aromatic carbocycles. The maximum Gasteiger partial charge on any atom is 0.243 e. The molecule has 9 nitrogen and oxygen atoms in total. The highest BCUT2D eigenvalue weighted by Crippen LogP contribution is 2.36. The highest BCUT2D eigenvalue weighted by molar-refractivity contribution is 7.99. The van der Waals surface area contributed by atoms with Crippen LogP contribution in [0, 0.1) is 0 Å². The van der Waals surface area contributed by atoms with Crippen LogP contribution in [0.3, 0.4) is 0 Å². The Labute approximate surface area is 178 Å². The maximum atomic E-state index is 12.9. The molecule has 0 spiro atoms. The number of anilines is 1. The van der Waals surface area contributed by atoms with Gasteiger partial charge in [-0.05, 0) is 54.3 Å². The summed E-state index contributed by atoms with van der Waals surface area (Å²) >= 11 is 7.42. The molecule has 2 heterocycles. The second-order valence-electron chi connectivity index (χ2n) is 7.08. The first-order valence-corrected chi connectivity index (χ1v) is 12.3. The van der Waals surface area contributed by atoms with Crippen molar-refractivity contribution in [1.29, 1.82) is 0 Å². The number of tetrazole rings is 1. The van der Waals surface area contributed by atoms with Crippen molar-refractivity contribution in [2.24, 2.45) is 0 Å². The summed E-state index contributed by atoms with van der Waals surface area (Å²) < 4.78 is 28.9. The van der Waals surface area contributed by atoms with Gasteiger partial charge in [0.2, 0.25) is 21.1 Å². The summed E-state index contributed by atoms with van der Waals surface area (Å²) in [5.41, 5.74) is 0.275. The summed E-state index contributed by atoms with van der Waals surface area (Å²) in [6.45, 7) is 1.03. The summed E-state index contributed by atoms with van der Waals surface area (Å²) in [5.74, 6) is -0.221. The minimum absolute atomic E-state index is 0.0898. The lowest BCUT2D eigenvalue weighted by atomic mass is 10.2. The van der Waals surface area contributed by atoms with Crippen molar-refractivity contribution in [3.05, 3.63) is 23.2 Å². The van der Waals surface area contributed by atoms with Crippen LogP contribution < -0.4 is 5.32 Å². The van der Waals surface area contributed by atoms with E-state index in [1.54, 1.807) is 4.68 Å². The van der Waals surface area contributed by atoms with Gasteiger partial charge in [0.05, 0.1) is 27.4 Å². The molecule has 2 aliphatic rings. The van der Waals surface area contributed by atoms with Crippen LogP contribution in [0.15, 0.2) is 28.3 Å². The number of nitrogens with one attached hydrogen (secondary N) is 1. The van der Waals surface area contributed by atoms with Gasteiger partial charge in [-0.25, -0.2) is 13.1 Å². The van der Waals surface area contributed by atoms with Gasteiger partial charge in [-0.15, -0.1) is 5.10 Å². The van der Waals surface area contributed by atoms with Crippen molar-refractivity contribution in [1.82, 2.24) is 24.5 Å². The first-order chi connectivity index (χ1) is 13.9. The fraction of sp³-hybridized carbons (Fsp3) is 0.529. The Kier molecular flexibility index (Phi) is 6.09. The Hall–Kier alpha value is -1.69. The van der Waals surface area contributed by atoms with Crippen LogP contribution in [0.4, 0.5) is 5.69 Å². The van der Waals surface area contributed by atoms with Gasteiger partial charge in [0.15, 0.2) is 0 Å². The first kappa shape index (κ1) is 20.6. The SMILES string of the molecule is O=C(CSc1nnnn1C1CC1)Nc1cc(S(=O)(=O)N2CCCCC2)ccc1Cl. The predicted octanol–water partition coefficient (Wildman–Crippen LogP) is 2.57. The Bertz CT molecular complexity index is 1000. The number of aromatic nitrogens is 4. The van der Waals surface area contributed by atoms with Gasteiger partial charge in [0.25, 0.3) is 0 Å². The number of thioether (sulfide) groups is 1. The predicted molar refractivity (Wildman–Crippen MR) is 110 cm³/mol. The third kappa shape index (κ3) is 4.73. The molecular weight excluding hydrogens is 436 g/mol. The normalized spacial score (nSPS) is 18.0. The van der Waals surface area contributed by atoms with Gasteiger partial charge in [-0.1, -0.05) is 29.8 Å². The molecule has 156 valence electrons. The van der Waals surface area contributed by atoms with E-state index in [-0.39, 0.29) is 27.3 Å². The molecular formula is C17H21ClN6O3S2. The summed E-state index contributed by atoms with van der Waals surface area (Å²) in [6.07, 6.45) is 4.83. The van der Waals surface area contributed by atoms with E-state index in [9.17, 15) is 13.2 Å². The number of amides is 1. The molecule has 0 radical (unpaired) electrons. The molecule has 1 N–H and O–H groups in total. The van der Waals surface area contributed by atoms with Crippen LogP contribution >= 0.6 is 23.4 Å². The first-order valence-electron chi connectivity index (χ1n) is 9.45. The highest BCUT2D eigenvalue weighted by Gasteiger charge is 2.29. The van der Waals surface area contributed by atoms with Crippen LogP contribution in [0.5, 0.6) is 0 Å². The number of hydrogen-bond acceptors (Lipinski definition) is 7. The number of rotatable bonds is 7. The summed E-state index contributed by atoms with van der Waals surface area (Å²) in [6, 6.07) is 4.71. The fourth-order valence-electron chi connectivity index (χ4n) is 3.16. The largest absolute Gasteiger partial charge is 0.324 e. The minimum atomic E-state index is -3.60. The van der Waals surface area contributed by atoms with E-state index < -0.39 is 10.0 Å². The lowest BCUT2D eigenvalue weighted by Crippen LogP contribution is -2.35. The molecule has 0 atom stereocenters. The third-order valence-electron chi connectivity index (χ3n) is 4.85. The number of benzene rings is 1. The number of piperidine rings is 1. The van der Waals surface area contributed by atoms with Crippen molar-refractivity contribution < 1.29 is 13.2 Å². The maximum absolute atomic E-state index is 12.9. The molecule has 0 bridgehead atoms. The minimum Gasteiger partial charge on any atom is -0.324 e. The number of nitrogens with zero attached hydrogens (tertiary/aromatic N) is 5. The quantitative estimate of drug-likeness (QED) is 0.637. The van der Waals surface area contributed by atoms with Gasteiger partial charge in [0.1, 0.15) is 0 Å². The lowest BCUT2D eigenvalue weighted by molar-refractivity contribution is -0.113. The van der Waals surface area contributed by atoms with E-state index in [1.807, 2.05) is 0 Å². The summed E-state index contributed by atoms with van der Waals surface area (Å²) in [5, 5.41) is 15.1. The highest BCUT2D eigenvalue weighted by atomic mass is 35.5. The van der Waals surface area contributed by atoms with E-state index >= 15 is 0 Å². The van der Waals surface area contributed by atoms with E-state index in [4.69, 9.17) is 11.6 Å². The molecule has 1 aliphatic heterocycles. The molecule has 1 amide bonds. The monoisotopic (exact) mass is 456 g/mol. The topological polar surface area (TPSA) is 110 Å². The average molecular weight is 457 g/mol. The number of halogens is 1. The van der Waals surface area contributed by atoms with Crippen molar-refractivity contribution in [3.8, 4) is 0 Å². The van der Waals surface area contributed by atoms with Crippen LogP contribution in [-0.2, 0) is 14.8 Å². The van der Waals surface area contributed by atoms with E-state index in [1.165, 1.54) is 34.3 Å². The zero-order chi connectivity index (χ0) is 20.4. The number of carbonyl (C=O) groups is 1. The van der Waals surface area contributed by atoms with E-state index in [0.29, 0.717) is 24.3 Å². The molecule has 0 unspecified atom stereocenters. The second-order valence-corrected chi connectivity index (χ2v) is 10.4. The van der Waals surface area contributed by atoms with Crippen molar-refractivity contribution in [2.75, 3.05) is 24.2 Å². The molecule has 1 aromatic heterocycles. The van der Waals surface area contributed by atoms with Gasteiger partial charge < -0.3 is 5.32 Å². The molecule has 12 heteroatoms. The second kappa shape index (κ2) is 8.58. The Morgan fingerprint density at radius 2 is 2.00 bits per heavy atom. The zero-order valence-corrected chi connectivity index (χ0v) is 18.0. The van der Waals surface area contributed by atoms with Crippen LogP contribution in [-0.4, -0.2) is 57.7 Å². The Morgan fingerprint density at radius 3 is 2.72 bits per heavy atom. The number of carbonyl (C=O) groups excluding carboxylic acids is 1. The van der Waals surface area contributed by atoms with Crippen LogP contribution in [0.2, 0.25) is 5.02 Å². The molecule has 1 saturated carbocycles. The van der Waals surface area contributed by atoms with Crippen molar-refractivity contribution >= 4 is 45.0 Å². The lowest BCUT2D eigenvalue weighted by Gasteiger charge is -2.26. The summed E-state index contributed by atoms with van der Waals surface area (Å²) in [7, 11) is -3.60. The van der Waals surface area contributed by atoms with Crippen LogP contribution in [0.1, 0.15) is 38.1 Å². The van der Waals surface area contributed by atoms with E-state index in [0.717, 1.165) is 32.1 Å². The van der Waals surface area contributed by atoms with Gasteiger partial charge >= 0.3 is 0 Å². The van der Waals surface area contributed by atoms with Gasteiger partial charge in [0, 0.05) is 13.1 Å². The van der Waals surface area contributed by atoms with Gasteiger partial charge in [-0.2, -0.15) is 4.31 Å². The molecule has 1 aliphatic carbocycles. The van der Waals surface area contributed by atoms with Gasteiger partial charge in [-0.3, -0.25) is 4.79 Å². The third-order valence-corrected chi connectivity index (χ3v) is 8.01. The molecule has 2 fully saturated rings. The van der Waals surface area contributed by atoms with Crippen LogP contribution in [0.25, 0.3) is 0 Å². The fourth-order valence-corrected chi connectivity index (χ4v) is 5.61. The summed E-state index contributed by atoms with van der Waals surface area (Å²) in [4.78, 5) is 12.5. The zero-order valence-electron chi connectivity index (χ0n) is 15.6. The smallest absolute Gasteiger partial charge is 0.243 e. The van der Waals surface area contributed by atoms with Crippen molar-refractivity contribution in [2.45, 2.75) is 48.2 Å². The van der Waals surface area contributed by atoms with Crippen molar-refractivity contribution in [3.63, 3.8) is 0 Å². The molecule has 2 aromatic rings. The molecule has 29 heavy (non-hydrogen) atoms. The Morgan fingerprint density at radius 1 is 1.24 bits per heavy atom. The molecule has 4 rings (SSSR count).